The van der Waals surface area contributed by atoms with Crippen molar-refractivity contribution in [2.75, 3.05) is 14.2 Å². The Morgan fingerprint density at radius 3 is 1.31 bits per heavy atom. The maximum absolute atomic E-state index is 14.4. The summed E-state index contributed by atoms with van der Waals surface area (Å²) in [4.78, 5) is 12.6. The van der Waals surface area contributed by atoms with Gasteiger partial charge < -0.3 is 19.7 Å². The number of hydrogen-bond donors (Lipinski definition) is 2. The fourth-order valence-corrected chi connectivity index (χ4v) is 3.24. The van der Waals surface area contributed by atoms with Gasteiger partial charge >= 0.3 is 0 Å². The molecule has 1 fully saturated rings. The second kappa shape index (κ2) is 8.48. The number of hydrogen-bond acceptors (Lipinski definition) is 5. The molecule has 2 aromatic rings. The number of halogens is 6. The van der Waals surface area contributed by atoms with Crippen molar-refractivity contribution >= 4 is 17.9 Å². The molecule has 0 atom stereocenters. The summed E-state index contributed by atoms with van der Waals surface area (Å²) in [5.74, 6) is -15.7. The molecular formula is C21H14F6O5. The lowest BCUT2D eigenvalue weighted by Gasteiger charge is -2.10. The van der Waals surface area contributed by atoms with Gasteiger partial charge in [-0.1, -0.05) is 0 Å². The molecule has 0 aliphatic heterocycles. The topological polar surface area (TPSA) is 76.0 Å². The van der Waals surface area contributed by atoms with Crippen LogP contribution in [0, 0.1) is 34.9 Å². The van der Waals surface area contributed by atoms with E-state index in [1.165, 1.54) is 0 Å². The molecule has 0 bridgehead atoms. The van der Waals surface area contributed by atoms with Gasteiger partial charge in [0.15, 0.2) is 29.1 Å². The Morgan fingerprint density at radius 1 is 0.656 bits per heavy atom. The van der Waals surface area contributed by atoms with Gasteiger partial charge in [0.25, 0.3) is 0 Å². The third-order valence-electron chi connectivity index (χ3n) is 4.87. The van der Waals surface area contributed by atoms with Gasteiger partial charge in [-0.2, -0.15) is 8.78 Å². The van der Waals surface area contributed by atoms with E-state index in [2.05, 4.69) is 9.47 Å². The summed E-state index contributed by atoms with van der Waals surface area (Å²) in [6, 6.07) is 0. The van der Waals surface area contributed by atoms with E-state index in [0.29, 0.717) is 12.2 Å². The number of ketones is 1. The second-order valence-electron chi connectivity index (χ2n) is 6.64. The highest BCUT2D eigenvalue weighted by Crippen LogP contribution is 2.40. The summed E-state index contributed by atoms with van der Waals surface area (Å²) >= 11 is 0. The third-order valence-corrected chi connectivity index (χ3v) is 4.87. The molecular weight excluding hydrogens is 446 g/mol. The molecule has 1 aliphatic rings. The van der Waals surface area contributed by atoms with Crippen LogP contribution in [-0.4, -0.2) is 30.2 Å². The molecule has 1 aliphatic carbocycles. The maximum atomic E-state index is 14.4. The van der Waals surface area contributed by atoms with Crippen LogP contribution < -0.4 is 9.47 Å². The molecule has 32 heavy (non-hydrogen) atoms. The first-order valence-electron chi connectivity index (χ1n) is 8.87. The number of allylic oxidation sites excluding steroid dienone is 2. The molecule has 2 aromatic carbocycles. The lowest BCUT2D eigenvalue weighted by molar-refractivity contribution is -0.111. The van der Waals surface area contributed by atoms with Crippen LogP contribution in [0.5, 0.6) is 23.0 Å². The minimum atomic E-state index is -1.80. The predicted molar refractivity (Wildman–Crippen MR) is 99.3 cm³/mol. The molecule has 1 saturated carbocycles. The van der Waals surface area contributed by atoms with Crippen molar-refractivity contribution in [1.82, 2.24) is 0 Å². The van der Waals surface area contributed by atoms with Crippen LogP contribution in [0.4, 0.5) is 26.3 Å². The van der Waals surface area contributed by atoms with Crippen LogP contribution in [0.3, 0.4) is 0 Å². The maximum Gasteiger partial charge on any atom is 0.205 e. The number of carbonyl (C=O) groups excluding carboxylic acids is 1. The minimum Gasteiger partial charge on any atom is -0.502 e. The molecule has 0 amide bonds. The normalized spacial score (nSPS) is 16.3. The molecule has 5 nitrogen and oxygen atoms in total. The molecule has 11 heteroatoms. The smallest absolute Gasteiger partial charge is 0.205 e. The quantitative estimate of drug-likeness (QED) is 0.390. The Bertz CT molecular complexity index is 1110. The van der Waals surface area contributed by atoms with Gasteiger partial charge in [0.05, 0.1) is 25.3 Å². The van der Waals surface area contributed by atoms with Crippen molar-refractivity contribution in [1.29, 1.82) is 0 Å². The first-order valence-corrected chi connectivity index (χ1v) is 8.87. The number of benzene rings is 2. The van der Waals surface area contributed by atoms with Crippen LogP contribution in [0.1, 0.15) is 24.0 Å². The predicted octanol–water partition coefficient (Wildman–Crippen LogP) is 4.78. The highest BCUT2D eigenvalue weighted by molar-refractivity contribution is 6.15. The lowest BCUT2D eigenvalue weighted by atomic mass is 10.0. The zero-order valence-electron chi connectivity index (χ0n) is 16.5. The van der Waals surface area contributed by atoms with Gasteiger partial charge in [0.1, 0.15) is 0 Å². The van der Waals surface area contributed by atoms with E-state index in [1.54, 1.807) is 0 Å². The van der Waals surface area contributed by atoms with E-state index in [9.17, 15) is 41.4 Å². The van der Waals surface area contributed by atoms with E-state index < -0.39 is 74.8 Å². The van der Waals surface area contributed by atoms with Crippen LogP contribution in [0.2, 0.25) is 0 Å². The Labute approximate surface area is 176 Å². The summed E-state index contributed by atoms with van der Waals surface area (Å²) in [6.07, 6.45) is 1.08. The molecule has 3 rings (SSSR count). The fourth-order valence-electron chi connectivity index (χ4n) is 3.24. The van der Waals surface area contributed by atoms with Crippen LogP contribution in [0.25, 0.3) is 12.2 Å². The Hall–Kier alpha value is -3.63. The number of rotatable bonds is 4. The summed E-state index contributed by atoms with van der Waals surface area (Å²) < 4.78 is 93.9. The van der Waals surface area contributed by atoms with Crippen molar-refractivity contribution in [3.05, 3.63) is 57.2 Å². The van der Waals surface area contributed by atoms with Gasteiger partial charge in [-0.05, 0) is 25.0 Å². The average molecular weight is 460 g/mol. The van der Waals surface area contributed by atoms with Crippen molar-refractivity contribution in [2.45, 2.75) is 12.8 Å². The first-order chi connectivity index (χ1) is 15.0. The van der Waals surface area contributed by atoms with Gasteiger partial charge in [-0.3, -0.25) is 4.79 Å². The SMILES string of the molecule is COc1c(O)c(F)c(F)c(/C=C2\CC/C(=C\c3c(F)c(F)c(O)c(OC)c3F)C2=O)c1F. The molecule has 0 saturated heterocycles. The molecule has 0 spiro atoms. The summed E-state index contributed by atoms with van der Waals surface area (Å²) in [6.45, 7) is 0. The molecule has 0 aromatic heterocycles. The van der Waals surface area contributed by atoms with E-state index in [0.717, 1.165) is 14.2 Å². The van der Waals surface area contributed by atoms with E-state index in [4.69, 9.17) is 0 Å². The third kappa shape index (κ3) is 3.53. The minimum absolute atomic E-state index is 0.144. The first kappa shape index (κ1) is 23.0. The number of methoxy groups -OCH3 is 2. The standard InChI is InChI=1S/C21H14F6O5/c1-31-20-13(24)9(11(22)15(26)18(20)29)5-7-3-4-8(17(7)28)6-10-12(23)16(27)19(30)21(32-2)14(10)25/h5-6,29-30H,3-4H2,1-2H3/b7-5+,8-6+. The van der Waals surface area contributed by atoms with E-state index >= 15 is 0 Å². The zero-order chi connectivity index (χ0) is 23.9. The highest BCUT2D eigenvalue weighted by Gasteiger charge is 2.30. The monoisotopic (exact) mass is 460 g/mol. The Balaban J connectivity index is 2.09. The van der Waals surface area contributed by atoms with Crippen molar-refractivity contribution in [3.63, 3.8) is 0 Å². The lowest BCUT2D eigenvalue weighted by Crippen LogP contribution is -2.03. The molecule has 0 radical (unpaired) electrons. The van der Waals surface area contributed by atoms with Gasteiger partial charge in [-0.15, -0.1) is 0 Å². The number of Topliss-reactive ketones (excluding diaryl/α,β-unsaturated/α-hetero) is 1. The molecule has 2 N–H and O–H groups in total. The molecule has 0 unspecified atom stereocenters. The summed E-state index contributed by atoms with van der Waals surface area (Å²) in [5, 5.41) is 18.9. The van der Waals surface area contributed by atoms with Gasteiger partial charge in [0, 0.05) is 11.1 Å². The molecule has 170 valence electrons. The van der Waals surface area contributed by atoms with E-state index in [1.807, 2.05) is 0 Å². The fraction of sp³-hybridized carbons (Fsp3) is 0.190. The molecule has 0 heterocycles. The number of phenols is 2. The van der Waals surface area contributed by atoms with Crippen LogP contribution >= 0.6 is 0 Å². The second-order valence-corrected chi connectivity index (χ2v) is 6.64. The average Bonchev–Trinajstić information content (AvgIpc) is 3.11. The number of ether oxygens (including phenoxy) is 2. The highest BCUT2D eigenvalue weighted by atomic mass is 19.2. The zero-order valence-corrected chi connectivity index (χ0v) is 16.5. The van der Waals surface area contributed by atoms with Crippen molar-refractivity contribution < 1.29 is 50.8 Å². The Kier molecular flexibility index (Phi) is 6.11. The summed E-state index contributed by atoms with van der Waals surface area (Å²) in [7, 11) is 1.81. The summed E-state index contributed by atoms with van der Waals surface area (Å²) in [5.41, 5.74) is -2.49. The number of carbonyl (C=O) groups is 1. The number of phenolic OH excluding ortho intramolecular Hbond substituents is 2. The van der Waals surface area contributed by atoms with E-state index in [-0.39, 0.29) is 24.0 Å². The largest absolute Gasteiger partial charge is 0.502 e. The van der Waals surface area contributed by atoms with Crippen LogP contribution in [-0.2, 0) is 4.79 Å². The van der Waals surface area contributed by atoms with Crippen molar-refractivity contribution in [2.24, 2.45) is 0 Å². The van der Waals surface area contributed by atoms with Crippen molar-refractivity contribution in [3.8, 4) is 23.0 Å². The van der Waals surface area contributed by atoms with Crippen LogP contribution in [0.15, 0.2) is 11.1 Å². The van der Waals surface area contributed by atoms with Gasteiger partial charge in [-0.25, -0.2) is 17.6 Å². The number of aromatic hydroxyl groups is 2. The Morgan fingerprint density at radius 2 is 1.00 bits per heavy atom. The van der Waals surface area contributed by atoms with Gasteiger partial charge in [0.2, 0.25) is 34.6 Å².